The highest BCUT2D eigenvalue weighted by atomic mass is 16.1. The van der Waals surface area contributed by atoms with Crippen LogP contribution in [0.1, 0.15) is 45.4 Å². The molecule has 2 rings (SSSR count). The van der Waals surface area contributed by atoms with Crippen molar-refractivity contribution in [1.29, 1.82) is 0 Å². The van der Waals surface area contributed by atoms with Gasteiger partial charge in [0.1, 0.15) is 0 Å². The largest absolute Gasteiger partial charge is 0.353 e. The number of carbonyl (C=O) groups excluding carboxylic acids is 1. The third-order valence-corrected chi connectivity index (χ3v) is 3.97. The molecule has 0 saturated carbocycles. The summed E-state index contributed by atoms with van der Waals surface area (Å²) in [6, 6.07) is 1.58. The standard InChI is InChI=1S/C14H24N2O/c1-3-4-10(2)15-14(17)9-11-7-12-5-6-13(8-11)16-12/h3,10-13,16H,1,4-9H2,2H3,(H,15,17). The maximum atomic E-state index is 11.9. The van der Waals surface area contributed by atoms with Gasteiger partial charge in [-0.15, -0.1) is 6.58 Å². The predicted octanol–water partition coefficient (Wildman–Crippen LogP) is 1.99. The van der Waals surface area contributed by atoms with Gasteiger partial charge in [0, 0.05) is 24.5 Å². The molecule has 0 spiro atoms. The average Bonchev–Trinajstić information content (AvgIpc) is 2.58. The Morgan fingerprint density at radius 2 is 2.12 bits per heavy atom. The van der Waals surface area contributed by atoms with E-state index in [0.717, 1.165) is 6.42 Å². The lowest BCUT2D eigenvalue weighted by molar-refractivity contribution is -0.122. The van der Waals surface area contributed by atoms with E-state index in [9.17, 15) is 4.79 Å². The smallest absolute Gasteiger partial charge is 0.220 e. The van der Waals surface area contributed by atoms with Gasteiger partial charge < -0.3 is 10.6 Å². The fourth-order valence-electron chi connectivity index (χ4n) is 3.25. The van der Waals surface area contributed by atoms with Gasteiger partial charge in [0.25, 0.3) is 0 Å². The molecule has 96 valence electrons. The van der Waals surface area contributed by atoms with Crippen molar-refractivity contribution in [1.82, 2.24) is 10.6 Å². The molecule has 0 aromatic heterocycles. The molecule has 2 aliphatic heterocycles. The number of piperidine rings is 1. The van der Waals surface area contributed by atoms with Crippen LogP contribution in [-0.2, 0) is 4.79 Å². The molecule has 2 N–H and O–H groups in total. The van der Waals surface area contributed by atoms with Gasteiger partial charge in [-0.25, -0.2) is 0 Å². The molecule has 3 unspecified atom stereocenters. The highest BCUT2D eigenvalue weighted by Gasteiger charge is 2.34. The van der Waals surface area contributed by atoms with E-state index in [1.54, 1.807) is 0 Å². The van der Waals surface area contributed by atoms with E-state index in [1.807, 2.05) is 13.0 Å². The Morgan fingerprint density at radius 3 is 2.71 bits per heavy atom. The van der Waals surface area contributed by atoms with Crippen molar-refractivity contribution >= 4 is 5.91 Å². The number of nitrogens with one attached hydrogen (secondary N) is 2. The van der Waals surface area contributed by atoms with Crippen LogP contribution in [0.5, 0.6) is 0 Å². The summed E-state index contributed by atoms with van der Waals surface area (Å²) in [5.74, 6) is 0.801. The van der Waals surface area contributed by atoms with Crippen LogP contribution in [-0.4, -0.2) is 24.0 Å². The van der Waals surface area contributed by atoms with E-state index in [-0.39, 0.29) is 11.9 Å². The molecule has 1 amide bonds. The molecule has 2 aliphatic rings. The summed E-state index contributed by atoms with van der Waals surface area (Å²) in [5.41, 5.74) is 0. The molecule has 0 aliphatic carbocycles. The fraction of sp³-hybridized carbons (Fsp3) is 0.786. The summed E-state index contributed by atoms with van der Waals surface area (Å²) in [4.78, 5) is 11.9. The summed E-state index contributed by atoms with van der Waals surface area (Å²) in [6.07, 6.45) is 8.37. The summed E-state index contributed by atoms with van der Waals surface area (Å²) < 4.78 is 0. The summed E-state index contributed by atoms with van der Waals surface area (Å²) in [6.45, 7) is 5.73. The molecule has 0 radical (unpaired) electrons. The Kier molecular flexibility index (Phi) is 4.21. The van der Waals surface area contributed by atoms with Gasteiger partial charge in [0.15, 0.2) is 0 Å². The Bertz CT molecular complexity index is 278. The number of carbonyl (C=O) groups is 1. The van der Waals surface area contributed by atoms with Crippen molar-refractivity contribution in [2.45, 2.75) is 63.6 Å². The van der Waals surface area contributed by atoms with E-state index >= 15 is 0 Å². The molecule has 2 heterocycles. The first-order valence-corrected chi connectivity index (χ1v) is 6.83. The fourth-order valence-corrected chi connectivity index (χ4v) is 3.25. The SMILES string of the molecule is C=CCC(C)NC(=O)CC1CC2CCC(C1)N2. The van der Waals surface area contributed by atoms with Crippen molar-refractivity contribution in [3.8, 4) is 0 Å². The van der Waals surface area contributed by atoms with E-state index in [2.05, 4.69) is 17.2 Å². The second-order valence-electron chi connectivity index (χ2n) is 5.67. The molecule has 3 nitrogen and oxygen atoms in total. The van der Waals surface area contributed by atoms with Crippen LogP contribution in [0.25, 0.3) is 0 Å². The van der Waals surface area contributed by atoms with E-state index in [0.29, 0.717) is 24.4 Å². The minimum Gasteiger partial charge on any atom is -0.353 e. The normalized spacial score (nSPS) is 33.1. The summed E-state index contributed by atoms with van der Waals surface area (Å²) in [7, 11) is 0. The van der Waals surface area contributed by atoms with Crippen LogP contribution >= 0.6 is 0 Å². The monoisotopic (exact) mass is 236 g/mol. The van der Waals surface area contributed by atoms with Gasteiger partial charge in [-0.05, 0) is 44.9 Å². The van der Waals surface area contributed by atoms with Crippen LogP contribution < -0.4 is 10.6 Å². The first-order valence-electron chi connectivity index (χ1n) is 6.83. The molecule has 3 heteroatoms. The Morgan fingerprint density at radius 1 is 1.47 bits per heavy atom. The van der Waals surface area contributed by atoms with Gasteiger partial charge in [-0.2, -0.15) is 0 Å². The summed E-state index contributed by atoms with van der Waals surface area (Å²) >= 11 is 0. The Hall–Kier alpha value is -0.830. The van der Waals surface area contributed by atoms with E-state index < -0.39 is 0 Å². The third-order valence-electron chi connectivity index (χ3n) is 3.97. The second-order valence-corrected chi connectivity index (χ2v) is 5.67. The molecular formula is C14H24N2O. The molecule has 2 saturated heterocycles. The molecule has 0 aromatic carbocycles. The van der Waals surface area contributed by atoms with Crippen LogP contribution in [0.3, 0.4) is 0 Å². The van der Waals surface area contributed by atoms with Crippen molar-refractivity contribution in [3.63, 3.8) is 0 Å². The molecule has 2 bridgehead atoms. The number of amides is 1. The lowest BCUT2D eigenvalue weighted by atomic mass is 9.89. The highest BCUT2D eigenvalue weighted by molar-refractivity contribution is 5.76. The van der Waals surface area contributed by atoms with Crippen LogP contribution in [0, 0.1) is 5.92 Å². The maximum absolute atomic E-state index is 11.9. The van der Waals surface area contributed by atoms with E-state index in [1.165, 1.54) is 25.7 Å². The second kappa shape index (κ2) is 5.67. The Balaban J connectivity index is 1.73. The highest BCUT2D eigenvalue weighted by Crippen LogP contribution is 2.32. The van der Waals surface area contributed by atoms with Crippen molar-refractivity contribution in [2.24, 2.45) is 5.92 Å². The molecular weight excluding hydrogens is 212 g/mol. The van der Waals surface area contributed by atoms with Gasteiger partial charge in [-0.1, -0.05) is 6.08 Å². The Labute approximate surface area is 104 Å². The van der Waals surface area contributed by atoms with Gasteiger partial charge >= 0.3 is 0 Å². The van der Waals surface area contributed by atoms with Crippen LogP contribution in [0.4, 0.5) is 0 Å². The zero-order valence-corrected chi connectivity index (χ0v) is 10.7. The number of rotatable bonds is 5. The molecule has 2 fully saturated rings. The quantitative estimate of drug-likeness (QED) is 0.717. The van der Waals surface area contributed by atoms with Gasteiger partial charge in [-0.3, -0.25) is 4.79 Å². The summed E-state index contributed by atoms with van der Waals surface area (Å²) in [5, 5.41) is 6.66. The van der Waals surface area contributed by atoms with E-state index in [4.69, 9.17) is 0 Å². The van der Waals surface area contributed by atoms with Gasteiger partial charge in [0.05, 0.1) is 0 Å². The van der Waals surface area contributed by atoms with Crippen LogP contribution in [0.2, 0.25) is 0 Å². The van der Waals surface area contributed by atoms with Gasteiger partial charge in [0.2, 0.25) is 5.91 Å². The van der Waals surface area contributed by atoms with Crippen molar-refractivity contribution in [3.05, 3.63) is 12.7 Å². The number of fused-ring (bicyclic) bond motifs is 2. The molecule has 3 atom stereocenters. The number of hydrogen-bond acceptors (Lipinski definition) is 2. The average molecular weight is 236 g/mol. The molecule has 17 heavy (non-hydrogen) atoms. The first-order chi connectivity index (χ1) is 8.17. The maximum Gasteiger partial charge on any atom is 0.220 e. The topological polar surface area (TPSA) is 41.1 Å². The number of hydrogen-bond donors (Lipinski definition) is 2. The zero-order chi connectivity index (χ0) is 12.3. The predicted molar refractivity (Wildman–Crippen MR) is 69.7 cm³/mol. The third kappa shape index (κ3) is 3.56. The lowest BCUT2D eigenvalue weighted by Crippen LogP contribution is -2.40. The van der Waals surface area contributed by atoms with Crippen molar-refractivity contribution in [2.75, 3.05) is 0 Å². The zero-order valence-electron chi connectivity index (χ0n) is 10.7. The lowest BCUT2D eigenvalue weighted by Gasteiger charge is -2.29. The molecule has 0 aromatic rings. The van der Waals surface area contributed by atoms with Crippen molar-refractivity contribution < 1.29 is 4.79 Å². The minimum absolute atomic E-state index is 0.214. The minimum atomic E-state index is 0.214. The first kappa shape index (κ1) is 12.6. The van der Waals surface area contributed by atoms with Crippen LogP contribution in [0.15, 0.2) is 12.7 Å².